The zero-order valence-electron chi connectivity index (χ0n) is 14.6. The first kappa shape index (κ1) is 16.8. The second-order valence-corrected chi connectivity index (χ2v) is 7.28. The van der Waals surface area contributed by atoms with Crippen LogP contribution in [0.2, 0.25) is 0 Å². The molecule has 0 bridgehead atoms. The van der Waals surface area contributed by atoms with Gasteiger partial charge in [-0.25, -0.2) is 0 Å². The van der Waals surface area contributed by atoms with Gasteiger partial charge in [0.1, 0.15) is 0 Å². The fourth-order valence-corrected chi connectivity index (χ4v) is 4.03. The zero-order valence-corrected chi connectivity index (χ0v) is 14.6. The quantitative estimate of drug-likeness (QED) is 0.843. The molecule has 2 fully saturated rings. The second kappa shape index (κ2) is 6.90. The third-order valence-electron chi connectivity index (χ3n) is 5.60. The molecule has 4 heterocycles. The van der Waals surface area contributed by atoms with Crippen molar-refractivity contribution in [1.29, 1.82) is 0 Å². The van der Waals surface area contributed by atoms with Crippen LogP contribution in [0.15, 0.2) is 41.3 Å². The third kappa shape index (κ3) is 3.34. The van der Waals surface area contributed by atoms with Crippen molar-refractivity contribution in [2.45, 2.75) is 32.2 Å². The molecule has 2 saturated heterocycles. The van der Waals surface area contributed by atoms with Gasteiger partial charge in [-0.1, -0.05) is 11.2 Å². The van der Waals surface area contributed by atoms with E-state index in [1.54, 1.807) is 12.3 Å². The van der Waals surface area contributed by atoms with Crippen molar-refractivity contribution in [2.24, 2.45) is 5.41 Å². The van der Waals surface area contributed by atoms with Crippen molar-refractivity contribution in [3.8, 4) is 0 Å². The second-order valence-electron chi connectivity index (χ2n) is 7.28. The topological polar surface area (TPSA) is 79.5 Å². The van der Waals surface area contributed by atoms with Crippen LogP contribution in [0.4, 0.5) is 0 Å². The molecule has 2 amide bonds. The molecule has 0 aliphatic carbocycles. The molecule has 0 saturated carbocycles. The van der Waals surface area contributed by atoms with Crippen molar-refractivity contribution >= 4 is 11.8 Å². The maximum Gasteiger partial charge on any atom is 0.292 e. The average Bonchev–Trinajstić information content (AvgIpc) is 3.21. The van der Waals surface area contributed by atoms with Crippen molar-refractivity contribution < 1.29 is 14.1 Å². The summed E-state index contributed by atoms with van der Waals surface area (Å²) in [6.07, 6.45) is 8.34. The Kier molecular flexibility index (Phi) is 4.44. The smallest absolute Gasteiger partial charge is 0.292 e. The minimum Gasteiger partial charge on any atom is -0.351 e. The van der Waals surface area contributed by atoms with Crippen LogP contribution in [0.1, 0.15) is 41.8 Å². The number of hydrogen-bond donors (Lipinski definition) is 0. The molecule has 2 aliphatic heterocycles. The van der Waals surface area contributed by atoms with Crippen LogP contribution < -0.4 is 0 Å². The van der Waals surface area contributed by atoms with E-state index in [4.69, 9.17) is 4.52 Å². The molecular formula is C19H22N4O3. The summed E-state index contributed by atoms with van der Waals surface area (Å²) in [5, 5.41) is 3.61. The zero-order chi connectivity index (χ0) is 18.0. The van der Waals surface area contributed by atoms with E-state index < -0.39 is 0 Å². The van der Waals surface area contributed by atoms with Crippen LogP contribution in [-0.4, -0.2) is 51.4 Å². The molecule has 2 aromatic rings. The van der Waals surface area contributed by atoms with Gasteiger partial charge >= 0.3 is 0 Å². The van der Waals surface area contributed by atoms with Crippen LogP contribution in [0, 0.1) is 5.41 Å². The summed E-state index contributed by atoms with van der Waals surface area (Å²) in [6, 6.07) is 5.49. The van der Waals surface area contributed by atoms with E-state index >= 15 is 0 Å². The number of likely N-dealkylation sites (tertiary alicyclic amines) is 2. The molecule has 0 radical (unpaired) electrons. The van der Waals surface area contributed by atoms with Gasteiger partial charge in [0.15, 0.2) is 0 Å². The lowest BCUT2D eigenvalue weighted by Gasteiger charge is -2.47. The largest absolute Gasteiger partial charge is 0.351 e. The fourth-order valence-electron chi connectivity index (χ4n) is 4.03. The van der Waals surface area contributed by atoms with Crippen LogP contribution in [-0.2, 0) is 11.3 Å². The molecule has 26 heavy (non-hydrogen) atoms. The number of hydrogen-bond acceptors (Lipinski definition) is 5. The summed E-state index contributed by atoms with van der Waals surface area (Å²) in [5.41, 5.74) is 1.16. The summed E-state index contributed by atoms with van der Waals surface area (Å²) < 4.78 is 4.98. The first-order chi connectivity index (χ1) is 12.7. The van der Waals surface area contributed by atoms with E-state index in [1.807, 2.05) is 28.1 Å². The highest BCUT2D eigenvalue weighted by atomic mass is 16.5. The normalized spacial score (nSPS) is 19.8. The molecule has 1 spiro atoms. The fraction of sp³-hybridized carbons (Fsp3) is 0.474. The van der Waals surface area contributed by atoms with Gasteiger partial charge in [-0.05, 0) is 36.3 Å². The molecule has 0 N–H and O–H groups in total. The van der Waals surface area contributed by atoms with Gasteiger partial charge in [-0.3, -0.25) is 14.6 Å². The summed E-state index contributed by atoms with van der Waals surface area (Å²) in [6.45, 7) is 2.74. The lowest BCUT2D eigenvalue weighted by atomic mass is 9.72. The summed E-state index contributed by atoms with van der Waals surface area (Å²) >= 11 is 0. The monoisotopic (exact) mass is 354 g/mol. The molecule has 2 aliphatic rings. The van der Waals surface area contributed by atoms with Gasteiger partial charge in [0.05, 0.1) is 6.20 Å². The number of carbonyl (C=O) groups is 2. The van der Waals surface area contributed by atoms with Crippen molar-refractivity contribution in [3.63, 3.8) is 0 Å². The van der Waals surface area contributed by atoms with Crippen molar-refractivity contribution in [1.82, 2.24) is 19.9 Å². The van der Waals surface area contributed by atoms with Gasteiger partial charge in [-0.15, -0.1) is 0 Å². The van der Waals surface area contributed by atoms with E-state index in [0.29, 0.717) is 26.1 Å². The Hall–Kier alpha value is -2.70. The SMILES string of the molecule is O=C1CCC2(CCN(C(=O)c3ccno3)CC2)CN1Cc1cccnc1. The van der Waals surface area contributed by atoms with Gasteiger partial charge in [0.2, 0.25) is 11.7 Å². The van der Waals surface area contributed by atoms with E-state index in [-0.39, 0.29) is 23.0 Å². The average molecular weight is 354 g/mol. The number of pyridine rings is 1. The Morgan fingerprint density at radius 2 is 2.04 bits per heavy atom. The highest BCUT2D eigenvalue weighted by Gasteiger charge is 2.42. The Morgan fingerprint density at radius 1 is 1.19 bits per heavy atom. The maximum absolute atomic E-state index is 12.4. The Morgan fingerprint density at radius 3 is 2.73 bits per heavy atom. The summed E-state index contributed by atoms with van der Waals surface area (Å²) in [5.74, 6) is 0.397. The van der Waals surface area contributed by atoms with Crippen LogP contribution in [0.3, 0.4) is 0 Å². The van der Waals surface area contributed by atoms with Gasteiger partial charge < -0.3 is 14.3 Å². The molecule has 0 unspecified atom stereocenters. The highest BCUT2D eigenvalue weighted by Crippen LogP contribution is 2.40. The Labute approximate surface area is 152 Å². The maximum atomic E-state index is 12.4. The van der Waals surface area contributed by atoms with Crippen LogP contribution in [0.5, 0.6) is 0 Å². The lowest BCUT2D eigenvalue weighted by Crippen LogP contribution is -2.52. The predicted molar refractivity (Wildman–Crippen MR) is 93.0 cm³/mol. The molecule has 0 atom stereocenters. The van der Waals surface area contributed by atoms with Gasteiger partial charge in [0, 0.05) is 51.1 Å². The Bertz CT molecular complexity index is 767. The number of nitrogens with zero attached hydrogens (tertiary/aromatic N) is 4. The van der Waals surface area contributed by atoms with Crippen molar-refractivity contribution in [3.05, 3.63) is 48.1 Å². The molecule has 136 valence electrons. The molecular weight excluding hydrogens is 332 g/mol. The number of carbonyl (C=O) groups excluding carboxylic acids is 2. The number of aromatic nitrogens is 2. The molecule has 2 aromatic heterocycles. The van der Waals surface area contributed by atoms with E-state index in [0.717, 1.165) is 31.4 Å². The molecule has 0 aromatic carbocycles. The van der Waals surface area contributed by atoms with Crippen LogP contribution in [0.25, 0.3) is 0 Å². The molecule has 4 rings (SSSR count). The summed E-state index contributed by atoms with van der Waals surface area (Å²) in [4.78, 5) is 32.7. The standard InChI is InChI=1S/C19H22N4O3/c24-17-3-5-19(14-23(17)13-15-2-1-8-20-12-15)6-10-22(11-7-19)18(25)16-4-9-21-26-16/h1-2,4,8-9,12H,3,5-7,10-11,13-14H2. The molecule has 7 nitrogen and oxygen atoms in total. The van der Waals surface area contributed by atoms with E-state index in [9.17, 15) is 9.59 Å². The number of rotatable bonds is 3. The first-order valence-corrected chi connectivity index (χ1v) is 9.02. The molecule has 7 heteroatoms. The third-order valence-corrected chi connectivity index (χ3v) is 5.60. The minimum absolute atomic E-state index is 0.101. The van der Waals surface area contributed by atoms with Crippen LogP contribution >= 0.6 is 0 Å². The number of piperidine rings is 2. The predicted octanol–water partition coefficient (Wildman–Crippen LogP) is 2.11. The first-order valence-electron chi connectivity index (χ1n) is 9.02. The van der Waals surface area contributed by atoms with E-state index in [1.165, 1.54) is 6.20 Å². The summed E-state index contributed by atoms with van der Waals surface area (Å²) in [7, 11) is 0. The minimum atomic E-state index is -0.101. The Balaban J connectivity index is 1.40. The van der Waals surface area contributed by atoms with Gasteiger partial charge in [-0.2, -0.15) is 0 Å². The van der Waals surface area contributed by atoms with E-state index in [2.05, 4.69) is 10.1 Å². The highest BCUT2D eigenvalue weighted by molar-refractivity contribution is 5.91. The van der Waals surface area contributed by atoms with Gasteiger partial charge in [0.25, 0.3) is 5.91 Å². The van der Waals surface area contributed by atoms with Crippen molar-refractivity contribution in [2.75, 3.05) is 19.6 Å². The lowest BCUT2D eigenvalue weighted by molar-refractivity contribution is -0.139. The number of amides is 2.